The lowest BCUT2D eigenvalue weighted by Crippen LogP contribution is -2.45. The van der Waals surface area contributed by atoms with Crippen LogP contribution in [-0.4, -0.2) is 24.7 Å². The van der Waals surface area contributed by atoms with Gasteiger partial charge in [0.25, 0.3) is 0 Å². The van der Waals surface area contributed by atoms with Gasteiger partial charge in [0.2, 0.25) is 0 Å². The van der Waals surface area contributed by atoms with Crippen LogP contribution in [-0.2, 0) is 9.53 Å². The monoisotopic (exact) mass is 400 g/mol. The van der Waals surface area contributed by atoms with Gasteiger partial charge in [0.05, 0.1) is 34.4 Å². The van der Waals surface area contributed by atoms with Crippen molar-refractivity contribution in [3.05, 3.63) is 39.0 Å². The van der Waals surface area contributed by atoms with Crippen LogP contribution in [0.5, 0.6) is 5.75 Å². The van der Waals surface area contributed by atoms with Crippen molar-refractivity contribution in [2.75, 3.05) is 6.61 Å². The maximum atomic E-state index is 12.5. The fourth-order valence-corrected chi connectivity index (χ4v) is 3.28. The van der Waals surface area contributed by atoms with Crippen molar-refractivity contribution in [2.24, 2.45) is 0 Å². The van der Waals surface area contributed by atoms with E-state index < -0.39 is 18.0 Å². The summed E-state index contributed by atoms with van der Waals surface area (Å²) in [4.78, 5) is 24.5. The summed E-state index contributed by atoms with van der Waals surface area (Å²) in [7, 11) is 0. The van der Waals surface area contributed by atoms with Crippen molar-refractivity contribution in [3.63, 3.8) is 0 Å². The zero-order valence-electron chi connectivity index (χ0n) is 15.1. The van der Waals surface area contributed by atoms with Crippen LogP contribution >= 0.6 is 23.2 Å². The minimum atomic E-state index is -0.721. The number of amides is 2. The van der Waals surface area contributed by atoms with E-state index >= 15 is 0 Å². The highest BCUT2D eigenvalue weighted by Crippen LogP contribution is 2.39. The maximum Gasteiger partial charge on any atom is 0.338 e. The van der Waals surface area contributed by atoms with E-state index in [1.165, 1.54) is 0 Å². The normalized spacial score (nSPS) is 17.0. The van der Waals surface area contributed by atoms with E-state index in [0.717, 1.165) is 0 Å². The summed E-state index contributed by atoms with van der Waals surface area (Å²) in [5.74, 6) is -0.138. The van der Waals surface area contributed by atoms with Crippen LogP contribution in [0.1, 0.15) is 45.7 Å². The maximum absolute atomic E-state index is 12.5. The molecule has 1 unspecified atom stereocenters. The molecule has 26 heavy (non-hydrogen) atoms. The van der Waals surface area contributed by atoms with Gasteiger partial charge < -0.3 is 20.1 Å². The average Bonchev–Trinajstić information content (AvgIpc) is 2.56. The van der Waals surface area contributed by atoms with Crippen molar-refractivity contribution in [1.29, 1.82) is 0 Å². The van der Waals surface area contributed by atoms with Crippen molar-refractivity contribution in [3.8, 4) is 5.75 Å². The van der Waals surface area contributed by atoms with Gasteiger partial charge in [-0.2, -0.15) is 0 Å². The molecule has 1 aromatic carbocycles. The van der Waals surface area contributed by atoms with E-state index in [-0.39, 0.29) is 12.7 Å². The highest BCUT2D eigenvalue weighted by Gasteiger charge is 2.33. The van der Waals surface area contributed by atoms with Gasteiger partial charge in [-0.15, -0.1) is 0 Å². The van der Waals surface area contributed by atoms with Crippen molar-refractivity contribution in [1.82, 2.24) is 10.6 Å². The third-order valence-electron chi connectivity index (χ3n) is 3.71. The van der Waals surface area contributed by atoms with Crippen LogP contribution in [0.3, 0.4) is 0 Å². The largest absolute Gasteiger partial charge is 0.488 e. The molecule has 1 aromatic rings. The quantitative estimate of drug-likeness (QED) is 0.695. The van der Waals surface area contributed by atoms with E-state index in [9.17, 15) is 9.59 Å². The number of carbonyl (C=O) groups is 2. The molecular weight excluding hydrogens is 379 g/mol. The molecule has 0 aromatic heterocycles. The van der Waals surface area contributed by atoms with Gasteiger partial charge in [0, 0.05) is 5.70 Å². The molecule has 0 spiro atoms. The average molecular weight is 401 g/mol. The standard InChI is InChI=1S/C18H22Cl2N2O4/c1-5-13-14(17(23)25-6-2)15(22-18(24)21-13)10-7-11(19)16(12(20)8-10)26-9(3)4/h7-9,15H,5-6H2,1-4H3,(H2,21,22,24). The van der Waals surface area contributed by atoms with E-state index in [1.54, 1.807) is 19.1 Å². The predicted octanol–water partition coefficient (Wildman–Crippen LogP) is 4.36. The van der Waals surface area contributed by atoms with Crippen LogP contribution in [0.25, 0.3) is 0 Å². The summed E-state index contributed by atoms with van der Waals surface area (Å²) < 4.78 is 10.8. The lowest BCUT2D eigenvalue weighted by atomic mass is 9.94. The molecule has 0 aliphatic carbocycles. The second-order valence-corrected chi connectivity index (χ2v) is 6.79. The Morgan fingerprint density at radius 3 is 2.35 bits per heavy atom. The van der Waals surface area contributed by atoms with Gasteiger partial charge in [-0.3, -0.25) is 0 Å². The Morgan fingerprint density at radius 2 is 1.85 bits per heavy atom. The number of urea groups is 1. The molecule has 0 saturated carbocycles. The second kappa shape index (κ2) is 8.64. The smallest absolute Gasteiger partial charge is 0.338 e. The molecule has 6 nitrogen and oxygen atoms in total. The van der Waals surface area contributed by atoms with Gasteiger partial charge >= 0.3 is 12.0 Å². The molecule has 0 bridgehead atoms. The Morgan fingerprint density at radius 1 is 1.23 bits per heavy atom. The van der Waals surface area contributed by atoms with E-state index in [1.807, 2.05) is 20.8 Å². The molecule has 1 aliphatic rings. The molecular formula is C18H22Cl2N2O4. The molecule has 142 valence electrons. The van der Waals surface area contributed by atoms with E-state index in [0.29, 0.717) is 39.0 Å². The third-order valence-corrected chi connectivity index (χ3v) is 4.27. The van der Waals surface area contributed by atoms with Gasteiger partial charge in [0.15, 0.2) is 5.75 Å². The van der Waals surface area contributed by atoms with Crippen LogP contribution in [0, 0.1) is 0 Å². The summed E-state index contributed by atoms with van der Waals surface area (Å²) in [6.45, 7) is 7.52. The number of benzene rings is 1. The lowest BCUT2D eigenvalue weighted by molar-refractivity contribution is -0.139. The number of ether oxygens (including phenoxy) is 2. The fraction of sp³-hybridized carbons (Fsp3) is 0.444. The molecule has 0 fully saturated rings. The van der Waals surface area contributed by atoms with Gasteiger partial charge in [-0.1, -0.05) is 30.1 Å². The summed E-state index contributed by atoms with van der Waals surface area (Å²) in [5, 5.41) is 6.00. The number of allylic oxidation sites excluding steroid dienone is 1. The Balaban J connectivity index is 2.53. The molecule has 0 radical (unpaired) electrons. The van der Waals surface area contributed by atoms with Gasteiger partial charge in [0.1, 0.15) is 0 Å². The van der Waals surface area contributed by atoms with E-state index in [4.69, 9.17) is 32.7 Å². The zero-order chi connectivity index (χ0) is 19.4. The van der Waals surface area contributed by atoms with Crippen molar-refractivity contribution in [2.45, 2.75) is 46.3 Å². The molecule has 2 rings (SSSR count). The lowest BCUT2D eigenvalue weighted by Gasteiger charge is -2.29. The van der Waals surface area contributed by atoms with Crippen LogP contribution in [0.2, 0.25) is 10.0 Å². The van der Waals surface area contributed by atoms with Gasteiger partial charge in [-0.05, 0) is 44.9 Å². The first-order chi connectivity index (χ1) is 12.3. The number of nitrogens with one attached hydrogen (secondary N) is 2. The number of hydrogen-bond acceptors (Lipinski definition) is 4. The molecule has 2 amide bonds. The van der Waals surface area contributed by atoms with Gasteiger partial charge in [-0.25, -0.2) is 9.59 Å². The highest BCUT2D eigenvalue weighted by molar-refractivity contribution is 6.37. The zero-order valence-corrected chi connectivity index (χ0v) is 16.6. The number of esters is 1. The second-order valence-electron chi connectivity index (χ2n) is 5.98. The molecule has 8 heteroatoms. The topological polar surface area (TPSA) is 76.7 Å². The number of halogens is 2. The molecule has 1 aliphatic heterocycles. The Bertz CT molecular complexity index is 724. The van der Waals surface area contributed by atoms with Crippen molar-refractivity contribution < 1.29 is 19.1 Å². The number of rotatable bonds is 6. The minimum Gasteiger partial charge on any atom is -0.488 e. The Hall–Kier alpha value is -1.92. The van der Waals surface area contributed by atoms with Crippen LogP contribution in [0.15, 0.2) is 23.4 Å². The van der Waals surface area contributed by atoms with Crippen LogP contribution in [0.4, 0.5) is 4.79 Å². The molecule has 1 atom stereocenters. The summed E-state index contributed by atoms with van der Waals surface area (Å²) in [5.41, 5.74) is 1.41. The predicted molar refractivity (Wildman–Crippen MR) is 101 cm³/mol. The number of hydrogen-bond donors (Lipinski definition) is 2. The minimum absolute atomic E-state index is 0.101. The number of carbonyl (C=O) groups excluding carboxylic acids is 2. The summed E-state index contributed by atoms with van der Waals surface area (Å²) in [6, 6.07) is 2.14. The highest BCUT2D eigenvalue weighted by atomic mass is 35.5. The van der Waals surface area contributed by atoms with Crippen LogP contribution < -0.4 is 15.4 Å². The molecule has 1 heterocycles. The van der Waals surface area contributed by atoms with E-state index in [2.05, 4.69) is 10.6 Å². The Kier molecular flexibility index (Phi) is 6.78. The first kappa shape index (κ1) is 20.4. The molecule has 2 N–H and O–H groups in total. The third kappa shape index (κ3) is 4.43. The SMILES string of the molecule is CCOC(=O)C1=C(CC)NC(=O)NC1c1cc(Cl)c(OC(C)C)c(Cl)c1. The first-order valence-electron chi connectivity index (χ1n) is 8.41. The summed E-state index contributed by atoms with van der Waals surface area (Å²) >= 11 is 12.6. The Labute approximate surface area is 162 Å². The summed E-state index contributed by atoms with van der Waals surface area (Å²) in [6.07, 6.45) is 0.366. The van der Waals surface area contributed by atoms with Crippen molar-refractivity contribution >= 4 is 35.2 Å². The first-order valence-corrected chi connectivity index (χ1v) is 9.17. The molecule has 0 saturated heterocycles. The fourth-order valence-electron chi connectivity index (χ4n) is 2.69.